The molecular weight excluding hydrogens is 416 g/mol. The zero-order valence-electron chi connectivity index (χ0n) is 17.4. The zero-order valence-corrected chi connectivity index (χ0v) is 18.2. The Hall–Kier alpha value is -2.49. The second-order valence-electron chi connectivity index (χ2n) is 7.92. The molecule has 0 aliphatic carbocycles. The molecule has 2 saturated heterocycles. The minimum atomic E-state index is -3.71. The molecule has 0 radical (unpaired) electrons. The Kier molecular flexibility index (Phi) is 6.84. The predicted molar refractivity (Wildman–Crippen MR) is 117 cm³/mol. The molecule has 3 heterocycles. The number of nitrogens with zero attached hydrogens (tertiary/aromatic N) is 2. The Morgan fingerprint density at radius 3 is 2.71 bits per heavy atom. The maximum absolute atomic E-state index is 12.6. The third-order valence-electron chi connectivity index (χ3n) is 5.62. The summed E-state index contributed by atoms with van der Waals surface area (Å²) in [6.45, 7) is 3.29. The highest BCUT2D eigenvalue weighted by Crippen LogP contribution is 2.18. The Morgan fingerprint density at radius 2 is 2.00 bits per heavy atom. The van der Waals surface area contributed by atoms with Crippen molar-refractivity contribution in [2.24, 2.45) is 0 Å². The van der Waals surface area contributed by atoms with Crippen molar-refractivity contribution < 1.29 is 17.9 Å². The van der Waals surface area contributed by atoms with Gasteiger partial charge < -0.3 is 15.0 Å². The molecule has 31 heavy (non-hydrogen) atoms. The number of aromatic nitrogens is 1. The molecule has 1 amide bonds. The number of pyridine rings is 1. The number of hydrogen-bond acceptors (Lipinski definition) is 6. The van der Waals surface area contributed by atoms with Crippen LogP contribution in [0.15, 0.2) is 47.5 Å². The molecular formula is C22H28N4O4S. The number of rotatable bonds is 8. The molecule has 1 aromatic carbocycles. The lowest BCUT2D eigenvalue weighted by molar-refractivity contribution is 0.0950. The van der Waals surface area contributed by atoms with Crippen LogP contribution >= 0.6 is 0 Å². The molecule has 1 atom stereocenters. The van der Waals surface area contributed by atoms with Gasteiger partial charge in [-0.1, -0.05) is 12.1 Å². The number of carbonyl (C=O) groups excluding carboxylic acids is 1. The van der Waals surface area contributed by atoms with Crippen molar-refractivity contribution in [3.05, 3.63) is 53.7 Å². The SMILES string of the molecule is O=C(NCc1ccc(N2CCCC2)nc1)c1cccc(S(=O)(=O)NCC2CCCO2)c1. The molecule has 4 rings (SSSR count). The van der Waals surface area contributed by atoms with Gasteiger partial charge in [-0.25, -0.2) is 18.1 Å². The number of hydrogen-bond donors (Lipinski definition) is 2. The van der Waals surface area contributed by atoms with E-state index in [0.717, 1.165) is 37.3 Å². The van der Waals surface area contributed by atoms with Crippen LogP contribution in [0.3, 0.4) is 0 Å². The first-order chi connectivity index (χ1) is 15.0. The Morgan fingerprint density at radius 1 is 1.16 bits per heavy atom. The molecule has 0 spiro atoms. The van der Waals surface area contributed by atoms with Crippen LogP contribution in [0.2, 0.25) is 0 Å². The van der Waals surface area contributed by atoms with E-state index in [1.165, 1.54) is 25.0 Å². The highest BCUT2D eigenvalue weighted by atomic mass is 32.2. The van der Waals surface area contributed by atoms with Crippen LogP contribution in [-0.4, -0.2) is 51.7 Å². The molecule has 2 fully saturated rings. The van der Waals surface area contributed by atoms with Gasteiger partial charge in [0.25, 0.3) is 5.91 Å². The van der Waals surface area contributed by atoms with E-state index in [0.29, 0.717) is 18.7 Å². The van der Waals surface area contributed by atoms with E-state index in [1.807, 2.05) is 12.1 Å². The summed E-state index contributed by atoms with van der Waals surface area (Å²) in [5.41, 5.74) is 1.18. The van der Waals surface area contributed by atoms with Crippen LogP contribution in [0.1, 0.15) is 41.6 Å². The smallest absolute Gasteiger partial charge is 0.251 e. The van der Waals surface area contributed by atoms with Crippen molar-refractivity contribution >= 4 is 21.7 Å². The van der Waals surface area contributed by atoms with Gasteiger partial charge in [0.2, 0.25) is 10.0 Å². The number of nitrogens with one attached hydrogen (secondary N) is 2. The van der Waals surface area contributed by atoms with Crippen LogP contribution < -0.4 is 14.9 Å². The summed E-state index contributed by atoms with van der Waals surface area (Å²) < 4.78 is 33.2. The molecule has 8 nitrogen and oxygen atoms in total. The van der Waals surface area contributed by atoms with E-state index in [4.69, 9.17) is 4.74 Å². The van der Waals surface area contributed by atoms with Gasteiger partial charge in [0, 0.05) is 44.5 Å². The van der Waals surface area contributed by atoms with Crippen LogP contribution in [0.5, 0.6) is 0 Å². The second-order valence-corrected chi connectivity index (χ2v) is 9.68. The summed E-state index contributed by atoms with van der Waals surface area (Å²) in [4.78, 5) is 19.4. The van der Waals surface area contributed by atoms with Crippen LogP contribution in [0.25, 0.3) is 0 Å². The molecule has 9 heteroatoms. The van der Waals surface area contributed by atoms with Crippen LogP contribution in [-0.2, 0) is 21.3 Å². The average Bonchev–Trinajstić information content (AvgIpc) is 3.51. The standard InChI is InChI=1S/C22H28N4O4S/c27-22(24-15-17-8-9-21(23-14-17)26-10-1-2-11-26)18-5-3-7-20(13-18)31(28,29)25-16-19-6-4-12-30-19/h3,5,7-9,13-14,19,25H,1-2,4,6,10-12,15-16H2,(H,24,27). The van der Waals surface area contributed by atoms with Gasteiger partial charge in [0.1, 0.15) is 5.82 Å². The van der Waals surface area contributed by atoms with Gasteiger partial charge in [0.05, 0.1) is 11.0 Å². The quantitative estimate of drug-likeness (QED) is 0.647. The highest BCUT2D eigenvalue weighted by Gasteiger charge is 2.21. The van der Waals surface area contributed by atoms with Gasteiger partial charge in [-0.3, -0.25) is 4.79 Å². The molecule has 0 bridgehead atoms. The molecule has 2 N–H and O–H groups in total. The van der Waals surface area contributed by atoms with E-state index in [1.54, 1.807) is 18.3 Å². The third kappa shape index (κ3) is 5.61. The summed E-state index contributed by atoms with van der Waals surface area (Å²) in [6, 6.07) is 9.97. The van der Waals surface area contributed by atoms with E-state index < -0.39 is 10.0 Å². The second kappa shape index (κ2) is 9.76. The number of sulfonamides is 1. The molecule has 1 aromatic heterocycles. The molecule has 2 aromatic rings. The fourth-order valence-corrected chi connectivity index (χ4v) is 4.95. The van der Waals surface area contributed by atoms with Crippen molar-refractivity contribution in [2.75, 3.05) is 31.1 Å². The van der Waals surface area contributed by atoms with Crippen molar-refractivity contribution in [3.63, 3.8) is 0 Å². The summed E-state index contributed by atoms with van der Waals surface area (Å²) >= 11 is 0. The zero-order chi connectivity index (χ0) is 21.7. The number of benzene rings is 1. The lowest BCUT2D eigenvalue weighted by Crippen LogP contribution is -2.32. The van der Waals surface area contributed by atoms with Crippen molar-refractivity contribution in [1.82, 2.24) is 15.0 Å². The maximum atomic E-state index is 12.6. The first-order valence-corrected chi connectivity index (χ1v) is 12.2. The highest BCUT2D eigenvalue weighted by molar-refractivity contribution is 7.89. The largest absolute Gasteiger partial charge is 0.377 e. The summed E-state index contributed by atoms with van der Waals surface area (Å²) in [6.07, 6.45) is 5.85. The van der Waals surface area contributed by atoms with Gasteiger partial charge in [-0.2, -0.15) is 0 Å². The van der Waals surface area contributed by atoms with Gasteiger partial charge in [-0.15, -0.1) is 0 Å². The normalized spacial score (nSPS) is 19.0. The monoisotopic (exact) mass is 444 g/mol. The van der Waals surface area contributed by atoms with E-state index in [-0.39, 0.29) is 23.5 Å². The topological polar surface area (TPSA) is 101 Å². The molecule has 2 aliphatic rings. The number of ether oxygens (including phenoxy) is 1. The van der Waals surface area contributed by atoms with E-state index in [2.05, 4.69) is 19.9 Å². The summed E-state index contributed by atoms with van der Waals surface area (Å²) in [5, 5.41) is 2.83. The Bertz CT molecular complexity index is 998. The average molecular weight is 445 g/mol. The van der Waals surface area contributed by atoms with Crippen LogP contribution in [0.4, 0.5) is 5.82 Å². The molecule has 2 aliphatic heterocycles. The first kappa shape index (κ1) is 21.7. The molecule has 0 saturated carbocycles. The lowest BCUT2D eigenvalue weighted by Gasteiger charge is -2.16. The predicted octanol–water partition coefficient (Wildman–Crippen LogP) is 2.07. The minimum Gasteiger partial charge on any atom is -0.377 e. The molecule has 166 valence electrons. The fourth-order valence-electron chi connectivity index (χ4n) is 3.83. The summed E-state index contributed by atoms with van der Waals surface area (Å²) in [7, 11) is -3.71. The lowest BCUT2D eigenvalue weighted by atomic mass is 10.2. The number of amides is 1. The Labute approximate surface area is 183 Å². The van der Waals surface area contributed by atoms with Gasteiger partial charge >= 0.3 is 0 Å². The van der Waals surface area contributed by atoms with Crippen molar-refractivity contribution in [1.29, 1.82) is 0 Å². The van der Waals surface area contributed by atoms with Crippen LogP contribution in [0, 0.1) is 0 Å². The van der Waals surface area contributed by atoms with E-state index >= 15 is 0 Å². The van der Waals surface area contributed by atoms with E-state index in [9.17, 15) is 13.2 Å². The van der Waals surface area contributed by atoms with Crippen molar-refractivity contribution in [2.45, 2.75) is 43.2 Å². The number of anilines is 1. The minimum absolute atomic E-state index is 0.0646. The van der Waals surface area contributed by atoms with Gasteiger partial charge in [-0.05, 0) is 55.5 Å². The fraction of sp³-hybridized carbons (Fsp3) is 0.455. The van der Waals surface area contributed by atoms with Crippen molar-refractivity contribution in [3.8, 4) is 0 Å². The summed E-state index contributed by atoms with van der Waals surface area (Å²) in [5.74, 6) is 0.626. The maximum Gasteiger partial charge on any atom is 0.251 e. The molecule has 1 unspecified atom stereocenters. The Balaban J connectivity index is 1.34. The first-order valence-electron chi connectivity index (χ1n) is 10.7. The van der Waals surface area contributed by atoms with Gasteiger partial charge in [0.15, 0.2) is 0 Å². The third-order valence-corrected chi connectivity index (χ3v) is 7.05. The number of carbonyl (C=O) groups is 1.